The number of nitro groups is 1. The molecule has 0 saturated carbocycles. The van der Waals surface area contributed by atoms with E-state index < -0.39 is 16.7 Å². The van der Waals surface area contributed by atoms with Crippen LogP contribution in [0.15, 0.2) is 99.7 Å². The van der Waals surface area contributed by atoms with Crippen LogP contribution in [-0.4, -0.2) is 16.7 Å². The van der Waals surface area contributed by atoms with Crippen LogP contribution in [0.1, 0.15) is 21.9 Å². The van der Waals surface area contributed by atoms with Crippen molar-refractivity contribution in [2.75, 3.05) is 0 Å². The molecule has 2 heterocycles. The Hall–Kier alpha value is -4.92. The highest BCUT2D eigenvalue weighted by molar-refractivity contribution is 6.05. The Labute approximate surface area is 193 Å². The molecule has 0 bridgehead atoms. The fourth-order valence-corrected chi connectivity index (χ4v) is 3.18. The number of nitrogens with one attached hydrogen (secondary N) is 2. The van der Waals surface area contributed by atoms with Gasteiger partial charge < -0.3 is 19.5 Å². The van der Waals surface area contributed by atoms with Crippen LogP contribution in [0, 0.1) is 10.1 Å². The predicted molar refractivity (Wildman–Crippen MR) is 123 cm³/mol. The van der Waals surface area contributed by atoms with Gasteiger partial charge in [-0.3, -0.25) is 19.7 Å². The number of carbonyl (C=O) groups excluding carboxylic acids is 2. The minimum atomic E-state index is -0.565. The van der Waals surface area contributed by atoms with Crippen LogP contribution in [0.5, 0.6) is 0 Å². The zero-order valence-electron chi connectivity index (χ0n) is 17.8. The van der Waals surface area contributed by atoms with Gasteiger partial charge in [-0.25, -0.2) is 0 Å². The molecular weight excluding hydrogens is 438 g/mol. The number of nitrogens with zero attached hydrogens (tertiary/aromatic N) is 1. The lowest BCUT2D eigenvalue weighted by Gasteiger charge is -2.10. The molecule has 0 atom stereocenters. The Morgan fingerprint density at radius 2 is 1.71 bits per heavy atom. The van der Waals surface area contributed by atoms with Gasteiger partial charge in [0.1, 0.15) is 23.0 Å². The summed E-state index contributed by atoms with van der Waals surface area (Å²) < 4.78 is 11.0. The summed E-state index contributed by atoms with van der Waals surface area (Å²) in [5.41, 5.74) is 0.488. The lowest BCUT2D eigenvalue weighted by molar-refractivity contribution is -0.384. The van der Waals surface area contributed by atoms with Gasteiger partial charge >= 0.3 is 0 Å². The quantitative estimate of drug-likeness (QED) is 0.227. The second-order valence-corrected chi connectivity index (χ2v) is 7.12. The van der Waals surface area contributed by atoms with Gasteiger partial charge in [-0.2, -0.15) is 0 Å². The van der Waals surface area contributed by atoms with E-state index in [9.17, 15) is 19.7 Å². The topological polar surface area (TPSA) is 128 Å². The first-order chi connectivity index (χ1) is 16.5. The van der Waals surface area contributed by atoms with E-state index in [2.05, 4.69) is 10.6 Å². The third-order valence-electron chi connectivity index (χ3n) is 4.81. The van der Waals surface area contributed by atoms with Gasteiger partial charge in [0.25, 0.3) is 17.5 Å². The van der Waals surface area contributed by atoms with Crippen molar-refractivity contribution in [1.29, 1.82) is 0 Å². The van der Waals surface area contributed by atoms with Crippen molar-refractivity contribution in [3.05, 3.63) is 118 Å². The van der Waals surface area contributed by atoms with Crippen molar-refractivity contribution in [3.8, 4) is 11.3 Å². The number of hydrogen-bond acceptors (Lipinski definition) is 6. The Kier molecular flexibility index (Phi) is 6.64. The molecule has 9 nitrogen and oxygen atoms in total. The van der Waals surface area contributed by atoms with Gasteiger partial charge in [0.2, 0.25) is 0 Å². The van der Waals surface area contributed by atoms with Crippen LogP contribution in [0.4, 0.5) is 5.69 Å². The average molecular weight is 457 g/mol. The first kappa shape index (κ1) is 22.3. The molecule has 0 aliphatic heterocycles. The molecule has 2 amide bonds. The molecule has 9 heteroatoms. The summed E-state index contributed by atoms with van der Waals surface area (Å²) in [6.07, 6.45) is 2.85. The van der Waals surface area contributed by atoms with E-state index in [-0.39, 0.29) is 29.4 Å². The number of nitro benzene ring substituents is 1. The summed E-state index contributed by atoms with van der Waals surface area (Å²) in [7, 11) is 0. The molecule has 2 N–H and O–H groups in total. The maximum Gasteiger partial charge on any atom is 0.280 e. The van der Waals surface area contributed by atoms with Gasteiger partial charge in [-0.05, 0) is 42.5 Å². The zero-order valence-corrected chi connectivity index (χ0v) is 17.8. The van der Waals surface area contributed by atoms with Crippen LogP contribution < -0.4 is 10.6 Å². The first-order valence-corrected chi connectivity index (χ1v) is 10.2. The zero-order chi connectivity index (χ0) is 23.9. The Morgan fingerprint density at radius 1 is 0.941 bits per heavy atom. The summed E-state index contributed by atoms with van der Waals surface area (Å²) in [6, 6.07) is 21.1. The molecule has 0 fully saturated rings. The molecule has 0 saturated heterocycles. The minimum absolute atomic E-state index is 0.0659. The van der Waals surface area contributed by atoms with Gasteiger partial charge in [-0.1, -0.05) is 30.3 Å². The second-order valence-electron chi connectivity index (χ2n) is 7.12. The highest BCUT2D eigenvalue weighted by Gasteiger charge is 2.19. The van der Waals surface area contributed by atoms with Crippen molar-refractivity contribution >= 4 is 23.6 Å². The van der Waals surface area contributed by atoms with E-state index in [0.717, 1.165) is 0 Å². The maximum atomic E-state index is 12.9. The van der Waals surface area contributed by atoms with Crippen LogP contribution >= 0.6 is 0 Å². The van der Waals surface area contributed by atoms with Crippen molar-refractivity contribution in [2.24, 2.45) is 0 Å². The van der Waals surface area contributed by atoms with Crippen LogP contribution in [0.25, 0.3) is 17.4 Å². The standard InChI is InChI=1S/C25H19N3O6/c29-24(17-7-2-1-3-8-17)27-21(25(30)26-16-19-9-6-14-33-19)15-18-12-13-23(34-18)20-10-4-5-11-22(20)28(31)32/h1-15H,16H2,(H,26,30)(H,27,29)/b21-15-. The van der Waals surface area contributed by atoms with Crippen LogP contribution in [-0.2, 0) is 11.3 Å². The lowest BCUT2D eigenvalue weighted by atomic mass is 10.1. The lowest BCUT2D eigenvalue weighted by Crippen LogP contribution is -2.34. The number of amides is 2. The molecule has 0 aliphatic carbocycles. The van der Waals surface area contributed by atoms with Crippen molar-refractivity contribution in [2.45, 2.75) is 6.54 Å². The molecule has 0 spiro atoms. The Balaban J connectivity index is 1.61. The summed E-state index contributed by atoms with van der Waals surface area (Å²) in [5.74, 6) is -0.0264. The molecular formula is C25H19N3O6. The first-order valence-electron chi connectivity index (χ1n) is 10.2. The molecule has 4 rings (SSSR count). The van der Waals surface area contributed by atoms with Crippen molar-refractivity contribution in [3.63, 3.8) is 0 Å². The fraction of sp³-hybridized carbons (Fsp3) is 0.0400. The summed E-state index contributed by atoms with van der Waals surface area (Å²) in [5, 5.41) is 16.6. The van der Waals surface area contributed by atoms with E-state index in [0.29, 0.717) is 16.9 Å². The van der Waals surface area contributed by atoms with Crippen molar-refractivity contribution in [1.82, 2.24) is 10.6 Å². The number of carbonyl (C=O) groups is 2. The van der Waals surface area contributed by atoms with E-state index in [1.165, 1.54) is 18.4 Å². The van der Waals surface area contributed by atoms with Crippen LogP contribution in [0.2, 0.25) is 0 Å². The summed E-state index contributed by atoms with van der Waals surface area (Å²) >= 11 is 0. The Bertz CT molecular complexity index is 1340. The molecule has 2 aromatic heterocycles. The van der Waals surface area contributed by atoms with Gasteiger partial charge in [0.05, 0.1) is 23.3 Å². The Morgan fingerprint density at radius 3 is 2.44 bits per heavy atom. The molecule has 0 radical (unpaired) electrons. The molecule has 34 heavy (non-hydrogen) atoms. The third-order valence-corrected chi connectivity index (χ3v) is 4.81. The number of benzene rings is 2. The third kappa shape index (κ3) is 5.28. The fourth-order valence-electron chi connectivity index (χ4n) is 3.18. The van der Waals surface area contributed by atoms with E-state index in [1.807, 2.05) is 0 Å². The van der Waals surface area contributed by atoms with Crippen molar-refractivity contribution < 1.29 is 23.3 Å². The predicted octanol–water partition coefficient (Wildman–Crippen LogP) is 4.54. The normalized spacial score (nSPS) is 11.1. The molecule has 4 aromatic rings. The SMILES string of the molecule is O=C(NCc1ccco1)/C(=C/c1ccc(-c2ccccc2[N+](=O)[O-])o1)NC(=O)c1ccccc1. The largest absolute Gasteiger partial charge is 0.467 e. The van der Waals surface area contributed by atoms with Gasteiger partial charge in [0.15, 0.2) is 0 Å². The highest BCUT2D eigenvalue weighted by Crippen LogP contribution is 2.31. The number of rotatable bonds is 8. The summed E-state index contributed by atoms with van der Waals surface area (Å²) in [6.45, 7) is 0.115. The van der Waals surface area contributed by atoms with E-state index in [1.54, 1.807) is 72.8 Å². The highest BCUT2D eigenvalue weighted by atomic mass is 16.6. The molecule has 0 unspecified atom stereocenters. The van der Waals surface area contributed by atoms with Gasteiger partial charge in [-0.15, -0.1) is 0 Å². The monoisotopic (exact) mass is 457 g/mol. The number of para-hydroxylation sites is 1. The van der Waals surface area contributed by atoms with E-state index in [4.69, 9.17) is 8.83 Å². The number of furan rings is 2. The number of hydrogen-bond donors (Lipinski definition) is 2. The average Bonchev–Trinajstić information content (AvgIpc) is 3.55. The van der Waals surface area contributed by atoms with E-state index >= 15 is 0 Å². The van der Waals surface area contributed by atoms with Gasteiger partial charge in [0, 0.05) is 17.7 Å². The second kappa shape index (κ2) is 10.1. The minimum Gasteiger partial charge on any atom is -0.467 e. The smallest absolute Gasteiger partial charge is 0.280 e. The van der Waals surface area contributed by atoms with Crippen LogP contribution in [0.3, 0.4) is 0 Å². The molecule has 2 aromatic carbocycles. The molecule has 0 aliphatic rings. The summed E-state index contributed by atoms with van der Waals surface area (Å²) in [4.78, 5) is 36.4. The molecule has 170 valence electrons. The maximum absolute atomic E-state index is 12.9.